The predicted octanol–water partition coefficient (Wildman–Crippen LogP) is 4.84. The minimum Gasteiger partial charge on any atom is -0.396 e. The second-order valence-electron chi connectivity index (χ2n) is 3.91. The van der Waals surface area contributed by atoms with Gasteiger partial charge in [0.05, 0.1) is 22.6 Å². The van der Waals surface area contributed by atoms with Crippen molar-refractivity contribution in [1.82, 2.24) is 4.98 Å². The molecule has 0 aliphatic heterocycles. The van der Waals surface area contributed by atoms with Crippen LogP contribution in [0.1, 0.15) is 5.69 Å². The summed E-state index contributed by atoms with van der Waals surface area (Å²) in [5, 5.41) is 3.29. The summed E-state index contributed by atoms with van der Waals surface area (Å²) in [6.45, 7) is 0. The van der Waals surface area contributed by atoms with E-state index in [9.17, 15) is 13.2 Å². The van der Waals surface area contributed by atoms with E-state index >= 15 is 0 Å². The lowest BCUT2D eigenvalue weighted by Crippen LogP contribution is -2.09. The number of aromatic nitrogens is 1. The lowest BCUT2D eigenvalue weighted by atomic mass is 10.2. The topological polar surface area (TPSA) is 50.9 Å². The average Bonchev–Trinajstić information content (AvgIpc) is 2.35. The first-order valence-corrected chi connectivity index (χ1v) is 6.49. The fourth-order valence-corrected chi connectivity index (χ4v) is 1.95. The van der Waals surface area contributed by atoms with Crippen molar-refractivity contribution in [1.29, 1.82) is 0 Å². The highest BCUT2D eigenvalue weighted by Crippen LogP contribution is 2.33. The van der Waals surface area contributed by atoms with Crippen LogP contribution in [-0.2, 0) is 6.18 Å². The molecule has 0 radical (unpaired) electrons. The van der Waals surface area contributed by atoms with Crippen LogP contribution < -0.4 is 11.1 Å². The minimum absolute atomic E-state index is 0.115. The second-order valence-corrected chi connectivity index (χ2v) is 5.17. The quantitative estimate of drug-likeness (QED) is 0.799. The Kier molecular flexibility index (Phi) is 4.10. The van der Waals surface area contributed by atoms with Crippen LogP contribution in [0.3, 0.4) is 0 Å². The second kappa shape index (κ2) is 5.49. The Morgan fingerprint density at radius 1 is 1.25 bits per heavy atom. The van der Waals surface area contributed by atoms with Crippen LogP contribution in [0.4, 0.5) is 30.2 Å². The maximum atomic E-state index is 12.6. The number of anilines is 3. The van der Waals surface area contributed by atoms with E-state index in [1.54, 1.807) is 18.2 Å². The van der Waals surface area contributed by atoms with Gasteiger partial charge in [-0.05, 0) is 40.2 Å². The third kappa shape index (κ3) is 3.34. The highest BCUT2D eigenvalue weighted by atomic mass is 79.9. The summed E-state index contributed by atoms with van der Waals surface area (Å²) in [4.78, 5) is 3.26. The Hall–Kier alpha value is -1.47. The van der Waals surface area contributed by atoms with Gasteiger partial charge in [-0.3, -0.25) is 0 Å². The third-order valence-corrected chi connectivity index (χ3v) is 3.64. The molecule has 3 nitrogen and oxygen atoms in total. The summed E-state index contributed by atoms with van der Waals surface area (Å²) in [7, 11) is 0. The molecule has 8 heteroatoms. The number of hydrogen-bond donors (Lipinski definition) is 2. The zero-order valence-corrected chi connectivity index (χ0v) is 12.1. The molecule has 1 heterocycles. The number of nitrogens with two attached hydrogens (primary N) is 1. The number of halogens is 5. The monoisotopic (exact) mass is 365 g/mol. The zero-order chi connectivity index (χ0) is 14.9. The highest BCUT2D eigenvalue weighted by molar-refractivity contribution is 9.10. The zero-order valence-electron chi connectivity index (χ0n) is 9.80. The summed E-state index contributed by atoms with van der Waals surface area (Å²) in [6.07, 6.45) is -3.55. The number of nitrogen functional groups attached to an aromatic ring is 1. The summed E-state index contributed by atoms with van der Waals surface area (Å²) in [5.74, 6) is 0. The summed E-state index contributed by atoms with van der Waals surface area (Å²) in [5.41, 5.74) is 5.40. The number of nitrogens with zero attached hydrogens (tertiary/aromatic N) is 1. The molecule has 0 fully saturated rings. The predicted molar refractivity (Wildman–Crippen MR) is 76.1 cm³/mol. The molecule has 0 amide bonds. The molecule has 2 rings (SSSR count). The van der Waals surface area contributed by atoms with Gasteiger partial charge in [0.15, 0.2) is 0 Å². The number of pyridine rings is 1. The molecule has 0 aliphatic rings. The average molecular weight is 367 g/mol. The standard InChI is InChI=1S/C12H8BrClF3N3/c13-7-3-6(1-2-8(7)14)20-10-4-11(12(15,16)17)19-5-9(10)18/h1-5H,18H2,(H,19,20). The Balaban J connectivity index is 2.35. The maximum Gasteiger partial charge on any atom is 0.433 e. The number of rotatable bonds is 2. The van der Waals surface area contributed by atoms with Crippen molar-refractivity contribution in [3.8, 4) is 0 Å². The molecule has 3 N–H and O–H groups in total. The van der Waals surface area contributed by atoms with Crippen LogP contribution in [0.25, 0.3) is 0 Å². The number of benzene rings is 1. The molecule has 1 aromatic carbocycles. The van der Waals surface area contributed by atoms with Crippen LogP contribution in [0.5, 0.6) is 0 Å². The van der Waals surface area contributed by atoms with Gasteiger partial charge >= 0.3 is 6.18 Å². The fraction of sp³-hybridized carbons (Fsp3) is 0.0833. The highest BCUT2D eigenvalue weighted by Gasteiger charge is 2.32. The smallest absolute Gasteiger partial charge is 0.396 e. The van der Waals surface area contributed by atoms with Gasteiger partial charge in [-0.15, -0.1) is 0 Å². The first kappa shape index (κ1) is 14.9. The van der Waals surface area contributed by atoms with Crippen LogP contribution in [-0.4, -0.2) is 4.98 Å². The minimum atomic E-state index is -4.52. The van der Waals surface area contributed by atoms with E-state index in [4.69, 9.17) is 17.3 Å². The van der Waals surface area contributed by atoms with Crippen molar-refractivity contribution in [3.05, 3.63) is 45.7 Å². The van der Waals surface area contributed by atoms with Crippen molar-refractivity contribution in [3.63, 3.8) is 0 Å². The van der Waals surface area contributed by atoms with Crippen molar-refractivity contribution >= 4 is 44.6 Å². The number of nitrogens with one attached hydrogen (secondary N) is 1. The van der Waals surface area contributed by atoms with Gasteiger partial charge in [0.25, 0.3) is 0 Å². The van der Waals surface area contributed by atoms with Crippen molar-refractivity contribution < 1.29 is 13.2 Å². The molecular weight excluding hydrogens is 359 g/mol. The van der Waals surface area contributed by atoms with Crippen LogP contribution >= 0.6 is 27.5 Å². The van der Waals surface area contributed by atoms with Gasteiger partial charge in [-0.1, -0.05) is 11.6 Å². The van der Waals surface area contributed by atoms with E-state index in [0.717, 1.165) is 12.3 Å². The van der Waals surface area contributed by atoms with E-state index < -0.39 is 11.9 Å². The molecule has 0 unspecified atom stereocenters. The molecule has 20 heavy (non-hydrogen) atoms. The molecule has 0 spiro atoms. The van der Waals surface area contributed by atoms with Gasteiger partial charge in [-0.25, -0.2) is 4.98 Å². The number of hydrogen-bond acceptors (Lipinski definition) is 3. The summed E-state index contributed by atoms with van der Waals surface area (Å²) in [6, 6.07) is 5.73. The van der Waals surface area contributed by atoms with Crippen molar-refractivity contribution in [2.24, 2.45) is 0 Å². The molecule has 106 valence electrons. The fourth-order valence-electron chi connectivity index (χ4n) is 1.46. The van der Waals surface area contributed by atoms with Gasteiger partial charge < -0.3 is 11.1 Å². The van der Waals surface area contributed by atoms with Crippen molar-refractivity contribution in [2.75, 3.05) is 11.1 Å². The SMILES string of the molecule is Nc1cnc(C(F)(F)F)cc1Nc1ccc(Cl)c(Br)c1. The van der Waals surface area contributed by atoms with E-state index in [-0.39, 0.29) is 11.4 Å². The Morgan fingerprint density at radius 3 is 2.55 bits per heavy atom. The Morgan fingerprint density at radius 2 is 1.95 bits per heavy atom. The molecule has 0 aliphatic carbocycles. The summed E-state index contributed by atoms with van der Waals surface area (Å²) < 4.78 is 38.4. The van der Waals surface area contributed by atoms with Crippen molar-refractivity contribution in [2.45, 2.75) is 6.18 Å². The molecular formula is C12H8BrClF3N3. The van der Waals surface area contributed by atoms with E-state index in [2.05, 4.69) is 26.2 Å². The largest absolute Gasteiger partial charge is 0.433 e. The normalized spacial score (nSPS) is 11.4. The first-order valence-electron chi connectivity index (χ1n) is 5.32. The van der Waals surface area contributed by atoms with E-state index in [0.29, 0.717) is 15.2 Å². The van der Waals surface area contributed by atoms with Gasteiger partial charge in [0.1, 0.15) is 5.69 Å². The molecule has 2 aromatic rings. The molecule has 0 atom stereocenters. The van der Waals surface area contributed by atoms with Gasteiger partial charge in [0, 0.05) is 10.2 Å². The Labute approximate surface area is 126 Å². The lowest BCUT2D eigenvalue weighted by molar-refractivity contribution is -0.141. The van der Waals surface area contributed by atoms with E-state index in [1.165, 1.54) is 0 Å². The number of alkyl halides is 3. The van der Waals surface area contributed by atoms with Gasteiger partial charge in [-0.2, -0.15) is 13.2 Å². The molecule has 0 bridgehead atoms. The van der Waals surface area contributed by atoms with Gasteiger partial charge in [0.2, 0.25) is 0 Å². The van der Waals surface area contributed by atoms with Crippen LogP contribution in [0.2, 0.25) is 5.02 Å². The van der Waals surface area contributed by atoms with E-state index in [1.807, 2.05) is 0 Å². The van der Waals surface area contributed by atoms with Crippen LogP contribution in [0.15, 0.2) is 34.9 Å². The molecule has 0 saturated heterocycles. The third-order valence-electron chi connectivity index (χ3n) is 2.42. The first-order chi connectivity index (χ1) is 9.27. The molecule has 1 aromatic heterocycles. The van der Waals surface area contributed by atoms with Crippen LogP contribution in [0, 0.1) is 0 Å². The summed E-state index contributed by atoms with van der Waals surface area (Å²) >= 11 is 9.07. The molecule has 0 saturated carbocycles. The maximum absolute atomic E-state index is 12.6. The lowest BCUT2D eigenvalue weighted by Gasteiger charge is -2.12. The Bertz CT molecular complexity index is 646.